The number of hydrogen-bond donors (Lipinski definition) is 2. The number of Topliss-reactive ketones (excluding diaryl/α,β-unsaturated/α-hetero) is 1. The van der Waals surface area contributed by atoms with Crippen molar-refractivity contribution in [2.45, 2.75) is 19.3 Å². The number of carbonyl (C=O) groups is 2. The van der Waals surface area contributed by atoms with Gasteiger partial charge in [0.2, 0.25) is 0 Å². The van der Waals surface area contributed by atoms with Crippen molar-refractivity contribution in [3.05, 3.63) is 107 Å². The zero-order valence-electron chi connectivity index (χ0n) is 17.6. The molecule has 0 fully saturated rings. The van der Waals surface area contributed by atoms with Crippen molar-refractivity contribution in [2.24, 2.45) is 0 Å². The van der Waals surface area contributed by atoms with Gasteiger partial charge in [-0.3, -0.25) is 9.59 Å². The van der Waals surface area contributed by atoms with Gasteiger partial charge in [-0.2, -0.15) is 0 Å². The number of nitrogens with two attached hydrogens (primary N) is 1. The molecule has 1 amide bonds. The average Bonchev–Trinajstić information content (AvgIpc) is 3.35. The highest BCUT2D eigenvalue weighted by Crippen LogP contribution is 2.30. The van der Waals surface area contributed by atoms with Gasteiger partial charge in [-0.25, -0.2) is 0 Å². The van der Waals surface area contributed by atoms with Crippen molar-refractivity contribution in [3.63, 3.8) is 0 Å². The molecule has 160 valence electrons. The molecule has 0 bridgehead atoms. The number of nitrogens with one attached hydrogen (secondary N) is 1. The second kappa shape index (κ2) is 10.1. The molecule has 0 spiro atoms. The smallest absolute Gasteiger partial charge is 0.255 e. The van der Waals surface area contributed by atoms with E-state index in [9.17, 15) is 9.59 Å². The zero-order valence-corrected chi connectivity index (χ0v) is 18.4. The van der Waals surface area contributed by atoms with Crippen LogP contribution in [0.5, 0.6) is 0 Å². The first kappa shape index (κ1) is 21.5. The van der Waals surface area contributed by atoms with Gasteiger partial charge in [-0.1, -0.05) is 54.6 Å². The SMILES string of the molecule is Nc1ccc(-c2cccs2)cc1NC(=O)c1ccc(CCC(=O)Cc2ccccc2)cc1. The summed E-state index contributed by atoms with van der Waals surface area (Å²) in [6, 6.07) is 26.8. The van der Waals surface area contributed by atoms with E-state index in [1.165, 1.54) is 0 Å². The summed E-state index contributed by atoms with van der Waals surface area (Å²) in [6.07, 6.45) is 1.59. The number of benzene rings is 3. The largest absolute Gasteiger partial charge is 0.397 e. The minimum atomic E-state index is -0.216. The van der Waals surface area contributed by atoms with Crippen molar-refractivity contribution >= 4 is 34.4 Å². The van der Waals surface area contributed by atoms with Crippen LogP contribution in [0.1, 0.15) is 27.9 Å². The maximum absolute atomic E-state index is 12.7. The lowest BCUT2D eigenvalue weighted by atomic mass is 10.0. The molecule has 3 aromatic carbocycles. The van der Waals surface area contributed by atoms with E-state index in [2.05, 4.69) is 5.32 Å². The third kappa shape index (κ3) is 5.50. The molecule has 4 aromatic rings. The van der Waals surface area contributed by atoms with Crippen LogP contribution in [0, 0.1) is 0 Å². The highest BCUT2D eigenvalue weighted by Gasteiger charge is 2.11. The van der Waals surface area contributed by atoms with E-state index in [4.69, 9.17) is 5.73 Å². The minimum absolute atomic E-state index is 0.208. The number of rotatable bonds is 8. The average molecular weight is 441 g/mol. The summed E-state index contributed by atoms with van der Waals surface area (Å²) in [4.78, 5) is 26.1. The fourth-order valence-corrected chi connectivity index (χ4v) is 4.20. The Kier molecular flexibility index (Phi) is 6.78. The van der Waals surface area contributed by atoms with Gasteiger partial charge in [0.05, 0.1) is 11.4 Å². The third-order valence-corrected chi connectivity index (χ3v) is 6.18. The summed E-state index contributed by atoms with van der Waals surface area (Å²) >= 11 is 1.64. The highest BCUT2D eigenvalue weighted by molar-refractivity contribution is 7.13. The summed E-state index contributed by atoms with van der Waals surface area (Å²) in [7, 11) is 0. The number of thiophene rings is 1. The van der Waals surface area contributed by atoms with Crippen molar-refractivity contribution in [2.75, 3.05) is 11.1 Å². The van der Waals surface area contributed by atoms with E-state index in [0.29, 0.717) is 36.2 Å². The Labute approximate surface area is 191 Å². The lowest BCUT2D eigenvalue weighted by Gasteiger charge is -2.10. The van der Waals surface area contributed by atoms with E-state index in [1.807, 2.05) is 72.1 Å². The van der Waals surface area contributed by atoms with Crippen LogP contribution in [-0.4, -0.2) is 11.7 Å². The molecule has 1 aromatic heterocycles. The predicted octanol–water partition coefficient (Wildman–Crippen LogP) is 5.99. The minimum Gasteiger partial charge on any atom is -0.397 e. The van der Waals surface area contributed by atoms with Gasteiger partial charge in [0, 0.05) is 23.3 Å². The zero-order chi connectivity index (χ0) is 22.3. The van der Waals surface area contributed by atoms with Gasteiger partial charge >= 0.3 is 0 Å². The quantitative estimate of drug-likeness (QED) is 0.330. The molecule has 0 aliphatic heterocycles. The normalized spacial score (nSPS) is 10.6. The molecule has 5 heteroatoms. The van der Waals surface area contributed by atoms with Crippen LogP contribution < -0.4 is 11.1 Å². The maximum Gasteiger partial charge on any atom is 0.255 e. The lowest BCUT2D eigenvalue weighted by Crippen LogP contribution is -2.13. The highest BCUT2D eigenvalue weighted by atomic mass is 32.1. The molecular weight excluding hydrogens is 416 g/mol. The van der Waals surface area contributed by atoms with Crippen molar-refractivity contribution < 1.29 is 9.59 Å². The molecule has 4 nitrogen and oxygen atoms in total. The summed E-state index contributed by atoms with van der Waals surface area (Å²) in [6.45, 7) is 0. The monoisotopic (exact) mass is 440 g/mol. The van der Waals surface area contributed by atoms with Gasteiger partial charge in [0.1, 0.15) is 5.78 Å². The van der Waals surface area contributed by atoms with Crippen LogP contribution in [-0.2, 0) is 17.6 Å². The molecule has 0 saturated carbocycles. The third-order valence-electron chi connectivity index (χ3n) is 5.26. The van der Waals surface area contributed by atoms with Gasteiger partial charge in [-0.05, 0) is 58.8 Å². The molecular formula is C27H24N2O2S. The van der Waals surface area contributed by atoms with Crippen LogP contribution in [0.15, 0.2) is 90.3 Å². The fraction of sp³-hybridized carbons (Fsp3) is 0.111. The summed E-state index contributed by atoms with van der Waals surface area (Å²) in [5.74, 6) is -0.00847. The molecule has 0 atom stereocenters. The van der Waals surface area contributed by atoms with E-state index < -0.39 is 0 Å². The molecule has 3 N–H and O–H groups in total. The Morgan fingerprint density at radius 3 is 2.34 bits per heavy atom. The molecule has 0 radical (unpaired) electrons. The maximum atomic E-state index is 12.7. The number of hydrogen-bond acceptors (Lipinski definition) is 4. The molecule has 4 rings (SSSR count). The van der Waals surface area contributed by atoms with E-state index >= 15 is 0 Å². The number of anilines is 2. The van der Waals surface area contributed by atoms with Crippen molar-refractivity contribution in [3.8, 4) is 10.4 Å². The van der Waals surface area contributed by atoms with Crippen molar-refractivity contribution in [1.82, 2.24) is 0 Å². The first-order valence-electron chi connectivity index (χ1n) is 10.5. The Morgan fingerprint density at radius 1 is 0.844 bits per heavy atom. The second-order valence-corrected chi connectivity index (χ2v) is 8.58. The molecule has 32 heavy (non-hydrogen) atoms. The van der Waals surface area contributed by atoms with E-state index in [0.717, 1.165) is 21.6 Å². The van der Waals surface area contributed by atoms with Gasteiger partial charge in [0.15, 0.2) is 0 Å². The number of nitrogen functional groups attached to an aromatic ring is 1. The van der Waals surface area contributed by atoms with Crippen LogP contribution >= 0.6 is 11.3 Å². The van der Waals surface area contributed by atoms with Crippen molar-refractivity contribution in [1.29, 1.82) is 0 Å². The summed E-state index contributed by atoms with van der Waals surface area (Å²) in [5, 5.41) is 4.93. The number of carbonyl (C=O) groups excluding carboxylic acids is 2. The standard InChI is InChI=1S/C27H24N2O2S/c28-24-15-13-22(26-7-4-16-32-26)18-25(24)29-27(31)21-11-8-19(9-12-21)10-14-23(30)17-20-5-2-1-3-6-20/h1-9,11-13,15-16,18H,10,14,17,28H2,(H,29,31). The van der Waals surface area contributed by atoms with Crippen LogP contribution in [0.4, 0.5) is 11.4 Å². The van der Waals surface area contributed by atoms with Crippen LogP contribution in [0.25, 0.3) is 10.4 Å². The Balaban J connectivity index is 1.35. The van der Waals surface area contributed by atoms with E-state index in [-0.39, 0.29) is 11.7 Å². The number of amides is 1. The predicted molar refractivity (Wildman–Crippen MR) is 132 cm³/mol. The lowest BCUT2D eigenvalue weighted by molar-refractivity contribution is -0.118. The topological polar surface area (TPSA) is 72.2 Å². The van der Waals surface area contributed by atoms with Gasteiger partial charge in [0.25, 0.3) is 5.91 Å². The van der Waals surface area contributed by atoms with Gasteiger partial charge < -0.3 is 11.1 Å². The fourth-order valence-electron chi connectivity index (χ4n) is 3.47. The number of ketones is 1. The second-order valence-electron chi connectivity index (χ2n) is 7.63. The molecule has 0 aliphatic rings. The first-order valence-corrected chi connectivity index (χ1v) is 11.4. The molecule has 0 saturated heterocycles. The van der Waals surface area contributed by atoms with Crippen LogP contribution in [0.3, 0.4) is 0 Å². The Bertz CT molecular complexity index is 1200. The molecule has 1 heterocycles. The molecule has 0 aliphatic carbocycles. The summed E-state index contributed by atoms with van der Waals surface area (Å²) < 4.78 is 0. The molecule has 0 unspecified atom stereocenters. The summed E-state index contributed by atoms with van der Waals surface area (Å²) in [5.41, 5.74) is 10.8. The Hall–Kier alpha value is -3.70. The first-order chi connectivity index (χ1) is 15.6. The van der Waals surface area contributed by atoms with Crippen LogP contribution in [0.2, 0.25) is 0 Å². The number of aryl methyl sites for hydroxylation is 1. The Morgan fingerprint density at radius 2 is 1.62 bits per heavy atom. The van der Waals surface area contributed by atoms with Gasteiger partial charge in [-0.15, -0.1) is 11.3 Å². The van der Waals surface area contributed by atoms with E-state index in [1.54, 1.807) is 29.5 Å².